The molecule has 31 heavy (non-hydrogen) atoms. The Balaban J connectivity index is 1.67. The van der Waals surface area contributed by atoms with Gasteiger partial charge in [0.15, 0.2) is 5.16 Å². The molecule has 8 heteroatoms. The SMILES string of the molecule is CCN1CCN(C(=O)C(C)Sc2nc3ccccc3c(=O)n2-c2ccc(F)cc2)CC1. The first-order valence-electron chi connectivity index (χ1n) is 10.4. The minimum absolute atomic E-state index is 0.0359. The fourth-order valence-electron chi connectivity index (χ4n) is 3.76. The van der Waals surface area contributed by atoms with Crippen molar-refractivity contribution >= 4 is 28.6 Å². The van der Waals surface area contributed by atoms with Crippen molar-refractivity contribution in [2.45, 2.75) is 24.3 Å². The zero-order chi connectivity index (χ0) is 22.0. The molecular weight excluding hydrogens is 415 g/mol. The fraction of sp³-hybridized carbons (Fsp3) is 0.348. The number of rotatable bonds is 5. The van der Waals surface area contributed by atoms with E-state index >= 15 is 0 Å². The van der Waals surface area contributed by atoms with E-state index in [0.717, 1.165) is 19.6 Å². The van der Waals surface area contributed by atoms with Crippen LogP contribution in [0.3, 0.4) is 0 Å². The van der Waals surface area contributed by atoms with E-state index in [1.165, 1.54) is 28.5 Å². The van der Waals surface area contributed by atoms with Crippen molar-refractivity contribution < 1.29 is 9.18 Å². The van der Waals surface area contributed by atoms with Crippen LogP contribution in [-0.2, 0) is 4.79 Å². The number of halogens is 1. The van der Waals surface area contributed by atoms with E-state index in [0.29, 0.717) is 34.8 Å². The summed E-state index contributed by atoms with van der Waals surface area (Å²) in [6.07, 6.45) is 0. The van der Waals surface area contributed by atoms with Gasteiger partial charge in [0.05, 0.1) is 21.8 Å². The second-order valence-corrected chi connectivity index (χ2v) is 8.86. The fourth-order valence-corrected chi connectivity index (χ4v) is 4.77. The van der Waals surface area contributed by atoms with Gasteiger partial charge in [-0.1, -0.05) is 30.8 Å². The Kier molecular flexibility index (Phi) is 6.38. The maximum atomic E-state index is 13.5. The Morgan fingerprint density at radius 3 is 2.45 bits per heavy atom. The normalized spacial score (nSPS) is 15.9. The lowest BCUT2D eigenvalue weighted by Crippen LogP contribution is -2.50. The van der Waals surface area contributed by atoms with Crippen LogP contribution in [0.1, 0.15) is 13.8 Å². The van der Waals surface area contributed by atoms with Crippen LogP contribution in [0.15, 0.2) is 58.5 Å². The molecule has 0 N–H and O–H groups in total. The van der Waals surface area contributed by atoms with Crippen molar-refractivity contribution in [2.75, 3.05) is 32.7 Å². The minimum Gasteiger partial charge on any atom is -0.339 e. The number of carbonyl (C=O) groups excluding carboxylic acids is 1. The number of piperazine rings is 1. The van der Waals surface area contributed by atoms with E-state index in [4.69, 9.17) is 0 Å². The Bertz CT molecular complexity index is 1140. The molecule has 1 amide bonds. The van der Waals surface area contributed by atoms with Gasteiger partial charge in [0.25, 0.3) is 5.56 Å². The summed E-state index contributed by atoms with van der Waals surface area (Å²) in [5.41, 5.74) is 0.851. The molecule has 0 saturated carbocycles. The molecule has 1 aromatic heterocycles. The van der Waals surface area contributed by atoms with Gasteiger partial charge in [-0.25, -0.2) is 9.37 Å². The van der Waals surface area contributed by atoms with Gasteiger partial charge in [0.1, 0.15) is 5.82 Å². The molecule has 1 fully saturated rings. The molecule has 0 bridgehead atoms. The Morgan fingerprint density at radius 2 is 1.77 bits per heavy atom. The molecule has 1 aliphatic rings. The molecule has 2 heterocycles. The monoisotopic (exact) mass is 440 g/mol. The summed E-state index contributed by atoms with van der Waals surface area (Å²) in [5.74, 6) is -0.344. The lowest BCUT2D eigenvalue weighted by molar-refractivity contribution is -0.132. The largest absolute Gasteiger partial charge is 0.339 e. The minimum atomic E-state index is -0.409. The van der Waals surface area contributed by atoms with E-state index in [9.17, 15) is 14.0 Å². The lowest BCUT2D eigenvalue weighted by atomic mass is 10.2. The topological polar surface area (TPSA) is 58.4 Å². The number of carbonyl (C=O) groups is 1. The highest BCUT2D eigenvalue weighted by atomic mass is 32.2. The predicted molar refractivity (Wildman–Crippen MR) is 121 cm³/mol. The zero-order valence-electron chi connectivity index (χ0n) is 17.6. The predicted octanol–water partition coefficient (Wildman–Crippen LogP) is 3.17. The number of fused-ring (bicyclic) bond motifs is 1. The van der Waals surface area contributed by atoms with Crippen LogP contribution in [0.25, 0.3) is 16.6 Å². The maximum Gasteiger partial charge on any atom is 0.266 e. The number of hydrogen-bond donors (Lipinski definition) is 0. The molecule has 0 spiro atoms. The zero-order valence-corrected chi connectivity index (χ0v) is 18.4. The van der Waals surface area contributed by atoms with Gasteiger partial charge in [-0.05, 0) is 49.9 Å². The summed E-state index contributed by atoms with van der Waals surface area (Å²) in [5, 5.41) is 0.488. The first kappa shape index (κ1) is 21.5. The van der Waals surface area contributed by atoms with Gasteiger partial charge < -0.3 is 9.80 Å². The number of amides is 1. The van der Waals surface area contributed by atoms with Crippen molar-refractivity contribution in [1.82, 2.24) is 19.4 Å². The Morgan fingerprint density at radius 1 is 1.10 bits per heavy atom. The van der Waals surface area contributed by atoms with Crippen LogP contribution in [0, 0.1) is 5.82 Å². The molecule has 0 aliphatic carbocycles. The average Bonchev–Trinajstić information content (AvgIpc) is 2.80. The summed E-state index contributed by atoms with van der Waals surface area (Å²) in [7, 11) is 0. The highest BCUT2D eigenvalue weighted by Crippen LogP contribution is 2.26. The number of likely N-dealkylation sites (N-methyl/N-ethyl adjacent to an activating group) is 1. The number of thioether (sulfide) groups is 1. The molecule has 1 unspecified atom stereocenters. The molecule has 4 rings (SSSR count). The summed E-state index contributed by atoms with van der Waals surface area (Å²) in [6, 6.07) is 12.8. The van der Waals surface area contributed by atoms with Crippen LogP contribution in [0.5, 0.6) is 0 Å². The van der Waals surface area contributed by atoms with Gasteiger partial charge in [0, 0.05) is 26.2 Å². The summed E-state index contributed by atoms with van der Waals surface area (Å²) in [4.78, 5) is 35.2. The van der Waals surface area contributed by atoms with Crippen LogP contribution in [0.4, 0.5) is 4.39 Å². The van der Waals surface area contributed by atoms with Crippen LogP contribution >= 0.6 is 11.8 Å². The molecule has 6 nitrogen and oxygen atoms in total. The van der Waals surface area contributed by atoms with Gasteiger partial charge in [-0.15, -0.1) is 0 Å². The smallest absolute Gasteiger partial charge is 0.266 e. The third-order valence-corrected chi connectivity index (χ3v) is 6.63. The quantitative estimate of drug-likeness (QED) is 0.451. The molecule has 1 atom stereocenters. The molecule has 1 saturated heterocycles. The molecular formula is C23H25FN4O2S. The third-order valence-electron chi connectivity index (χ3n) is 5.59. The second kappa shape index (κ2) is 9.20. The number of benzene rings is 2. The van der Waals surface area contributed by atoms with Crippen molar-refractivity contribution in [3.8, 4) is 5.69 Å². The van der Waals surface area contributed by atoms with E-state index in [1.54, 1.807) is 30.3 Å². The van der Waals surface area contributed by atoms with E-state index in [2.05, 4.69) is 16.8 Å². The highest BCUT2D eigenvalue weighted by Gasteiger charge is 2.27. The maximum absolute atomic E-state index is 13.5. The number of para-hydroxylation sites is 1. The standard InChI is InChI=1S/C23H25FN4O2S/c1-3-26-12-14-27(15-13-26)21(29)16(2)31-23-25-20-7-5-4-6-19(20)22(30)28(23)18-10-8-17(24)9-11-18/h4-11,16H,3,12-15H2,1-2H3. The lowest BCUT2D eigenvalue weighted by Gasteiger charge is -2.35. The van der Waals surface area contributed by atoms with Gasteiger partial charge in [-0.3, -0.25) is 14.2 Å². The van der Waals surface area contributed by atoms with Crippen LogP contribution in [0.2, 0.25) is 0 Å². The van der Waals surface area contributed by atoms with Crippen LogP contribution in [-0.4, -0.2) is 63.2 Å². The van der Waals surface area contributed by atoms with Gasteiger partial charge in [0.2, 0.25) is 5.91 Å². The summed E-state index contributed by atoms with van der Waals surface area (Å²) in [6.45, 7) is 8.09. The van der Waals surface area contributed by atoms with Crippen LogP contribution < -0.4 is 5.56 Å². The first-order chi connectivity index (χ1) is 15.0. The number of aromatic nitrogens is 2. The van der Waals surface area contributed by atoms with E-state index in [1.807, 2.05) is 17.9 Å². The van der Waals surface area contributed by atoms with E-state index < -0.39 is 5.25 Å². The second-order valence-electron chi connectivity index (χ2n) is 7.55. The van der Waals surface area contributed by atoms with Crippen molar-refractivity contribution in [3.05, 3.63) is 64.7 Å². The molecule has 0 radical (unpaired) electrons. The van der Waals surface area contributed by atoms with Crippen molar-refractivity contribution in [1.29, 1.82) is 0 Å². The molecule has 162 valence electrons. The highest BCUT2D eigenvalue weighted by molar-refractivity contribution is 8.00. The van der Waals surface area contributed by atoms with Crippen molar-refractivity contribution in [2.24, 2.45) is 0 Å². The average molecular weight is 441 g/mol. The number of nitrogens with zero attached hydrogens (tertiary/aromatic N) is 4. The molecule has 2 aromatic carbocycles. The van der Waals surface area contributed by atoms with Gasteiger partial charge in [-0.2, -0.15) is 0 Å². The Hall–Kier alpha value is -2.71. The molecule has 1 aliphatic heterocycles. The molecule has 3 aromatic rings. The number of hydrogen-bond acceptors (Lipinski definition) is 5. The summed E-state index contributed by atoms with van der Waals surface area (Å²) >= 11 is 1.26. The summed E-state index contributed by atoms with van der Waals surface area (Å²) < 4.78 is 14.9. The first-order valence-corrected chi connectivity index (χ1v) is 11.3. The van der Waals surface area contributed by atoms with Crippen molar-refractivity contribution in [3.63, 3.8) is 0 Å². The Labute approximate surface area is 184 Å². The van der Waals surface area contributed by atoms with Gasteiger partial charge >= 0.3 is 0 Å². The van der Waals surface area contributed by atoms with E-state index in [-0.39, 0.29) is 17.3 Å². The third kappa shape index (κ3) is 4.50.